The van der Waals surface area contributed by atoms with Gasteiger partial charge in [-0.25, -0.2) is 4.98 Å². The van der Waals surface area contributed by atoms with Crippen molar-refractivity contribution in [2.75, 3.05) is 12.0 Å². The monoisotopic (exact) mass is 326 g/mol. The van der Waals surface area contributed by atoms with Crippen LogP contribution in [0.1, 0.15) is 0 Å². The molecule has 7 heteroatoms. The normalized spacial score (nSPS) is 10.4. The lowest BCUT2D eigenvalue weighted by atomic mass is 10.2. The number of nitrogens with zero attached hydrogens (tertiary/aromatic N) is 2. The van der Waals surface area contributed by atoms with Gasteiger partial charge in [-0.1, -0.05) is 18.2 Å². The van der Waals surface area contributed by atoms with E-state index in [4.69, 9.17) is 16.6 Å². The molecule has 0 radical (unpaired) electrons. The number of aromatic nitrogens is 2. The third-order valence-electron chi connectivity index (χ3n) is 3.14. The van der Waals surface area contributed by atoms with Crippen molar-refractivity contribution in [3.63, 3.8) is 0 Å². The minimum atomic E-state index is -0.259. The molecular weight excluding hydrogens is 312 g/mol. The van der Waals surface area contributed by atoms with Gasteiger partial charge in [0.25, 0.3) is 5.56 Å². The van der Waals surface area contributed by atoms with E-state index in [9.17, 15) is 4.79 Å². The molecule has 3 aromatic rings. The highest BCUT2D eigenvalue weighted by Gasteiger charge is 2.15. The van der Waals surface area contributed by atoms with Gasteiger partial charge < -0.3 is 9.73 Å². The maximum atomic E-state index is 12.8. The molecule has 0 aliphatic carbocycles. The predicted molar refractivity (Wildman–Crippen MR) is 93.9 cm³/mol. The molecule has 23 heavy (non-hydrogen) atoms. The van der Waals surface area contributed by atoms with Gasteiger partial charge in [-0.05, 0) is 36.5 Å². The Kier molecular flexibility index (Phi) is 4.20. The van der Waals surface area contributed by atoms with Crippen LogP contribution in [-0.2, 0) is 0 Å². The van der Waals surface area contributed by atoms with Crippen molar-refractivity contribution >= 4 is 28.2 Å². The largest absolute Gasteiger partial charge is 0.461 e. The zero-order valence-corrected chi connectivity index (χ0v) is 13.0. The molecule has 0 aliphatic heterocycles. The molecule has 116 valence electrons. The second-order valence-corrected chi connectivity index (χ2v) is 5.09. The maximum absolute atomic E-state index is 12.8. The molecule has 6 nitrogen and oxygen atoms in total. The highest BCUT2D eigenvalue weighted by molar-refractivity contribution is 7.80. The van der Waals surface area contributed by atoms with Crippen LogP contribution in [0.2, 0.25) is 0 Å². The third kappa shape index (κ3) is 3.00. The van der Waals surface area contributed by atoms with Gasteiger partial charge >= 0.3 is 0 Å². The average molecular weight is 326 g/mol. The van der Waals surface area contributed by atoms with E-state index >= 15 is 0 Å². The van der Waals surface area contributed by atoms with E-state index in [2.05, 4.69) is 22.3 Å². The Morgan fingerprint density at radius 2 is 2.17 bits per heavy atom. The summed E-state index contributed by atoms with van der Waals surface area (Å²) in [5.41, 5.74) is 3.18. The summed E-state index contributed by atoms with van der Waals surface area (Å²) in [5, 5.41) is 3.69. The summed E-state index contributed by atoms with van der Waals surface area (Å²) in [6, 6.07) is 10.6. The summed E-state index contributed by atoms with van der Waals surface area (Å²) in [6.07, 6.45) is 3.19. The number of furan rings is 1. The first kappa shape index (κ1) is 15.0. The first-order valence-corrected chi connectivity index (χ1v) is 7.33. The van der Waals surface area contributed by atoms with Gasteiger partial charge in [-0.15, -0.1) is 6.58 Å². The molecular formula is C16H14N4O2S. The summed E-state index contributed by atoms with van der Waals surface area (Å²) in [4.78, 5) is 17.3. The smallest absolute Gasteiger partial charge is 0.280 e. The summed E-state index contributed by atoms with van der Waals surface area (Å²) in [6.45, 7) is 4.09. The highest BCUT2D eigenvalue weighted by atomic mass is 32.1. The van der Waals surface area contributed by atoms with Crippen LogP contribution in [0.25, 0.3) is 22.5 Å². The minimum absolute atomic E-state index is 0.259. The molecule has 0 amide bonds. The Labute approximate surface area is 137 Å². The van der Waals surface area contributed by atoms with E-state index < -0.39 is 0 Å². The van der Waals surface area contributed by atoms with Crippen LogP contribution in [0.3, 0.4) is 0 Å². The van der Waals surface area contributed by atoms with E-state index in [0.29, 0.717) is 29.0 Å². The number of para-hydroxylation sites is 1. The lowest BCUT2D eigenvalue weighted by Gasteiger charge is -2.15. The van der Waals surface area contributed by atoms with E-state index in [1.807, 2.05) is 6.07 Å². The predicted octanol–water partition coefficient (Wildman–Crippen LogP) is 2.26. The number of benzene rings is 1. The van der Waals surface area contributed by atoms with Gasteiger partial charge in [0.1, 0.15) is 0 Å². The fraction of sp³-hybridized carbons (Fsp3) is 0.0625. The van der Waals surface area contributed by atoms with Gasteiger partial charge in [-0.2, -0.15) is 4.68 Å². The SMILES string of the molecule is C=CCNC(=S)Nn1c(-c2ccco2)nc2ccccc2c1=O. The number of thiocarbonyl (C=S) groups is 1. The fourth-order valence-corrected chi connectivity index (χ4v) is 2.29. The van der Waals surface area contributed by atoms with Crippen molar-refractivity contribution in [2.24, 2.45) is 0 Å². The maximum Gasteiger partial charge on any atom is 0.280 e. The lowest BCUT2D eigenvalue weighted by Crippen LogP contribution is -2.40. The Balaban J connectivity index is 2.15. The Morgan fingerprint density at radius 3 is 2.91 bits per heavy atom. The second-order valence-electron chi connectivity index (χ2n) is 4.68. The van der Waals surface area contributed by atoms with E-state index in [-0.39, 0.29) is 10.7 Å². The summed E-state index contributed by atoms with van der Waals surface area (Å²) in [5.74, 6) is 0.813. The molecule has 2 N–H and O–H groups in total. The molecule has 0 saturated heterocycles. The van der Waals surface area contributed by atoms with Crippen molar-refractivity contribution in [1.82, 2.24) is 15.0 Å². The van der Waals surface area contributed by atoms with Gasteiger partial charge in [0.2, 0.25) is 0 Å². The first-order valence-electron chi connectivity index (χ1n) is 6.92. The molecule has 0 bridgehead atoms. The zero-order chi connectivity index (χ0) is 16.2. The number of hydrogen-bond donors (Lipinski definition) is 2. The first-order chi connectivity index (χ1) is 11.2. The van der Waals surface area contributed by atoms with Crippen LogP contribution in [-0.4, -0.2) is 21.3 Å². The zero-order valence-electron chi connectivity index (χ0n) is 12.2. The molecule has 0 aliphatic rings. The molecule has 2 aromatic heterocycles. The van der Waals surface area contributed by atoms with E-state index in [1.54, 1.807) is 36.4 Å². The van der Waals surface area contributed by atoms with Gasteiger partial charge in [0.15, 0.2) is 16.7 Å². The molecule has 0 fully saturated rings. The van der Waals surface area contributed by atoms with Crippen LogP contribution in [0.15, 0.2) is 64.5 Å². The Morgan fingerprint density at radius 1 is 1.35 bits per heavy atom. The van der Waals surface area contributed by atoms with Crippen molar-refractivity contribution < 1.29 is 4.42 Å². The van der Waals surface area contributed by atoms with Crippen molar-refractivity contribution in [3.05, 3.63) is 65.7 Å². The summed E-state index contributed by atoms with van der Waals surface area (Å²) < 4.78 is 6.66. The van der Waals surface area contributed by atoms with Crippen molar-refractivity contribution in [1.29, 1.82) is 0 Å². The van der Waals surface area contributed by atoms with E-state index in [0.717, 1.165) is 0 Å². The molecule has 1 aromatic carbocycles. The topological polar surface area (TPSA) is 72.1 Å². The fourth-order valence-electron chi connectivity index (χ4n) is 2.11. The molecule has 2 heterocycles. The minimum Gasteiger partial charge on any atom is -0.461 e. The lowest BCUT2D eigenvalue weighted by molar-refractivity contribution is 0.573. The molecule has 3 rings (SSSR count). The van der Waals surface area contributed by atoms with Crippen LogP contribution < -0.4 is 16.3 Å². The Hall–Kier alpha value is -2.93. The Bertz CT molecular complexity index is 915. The van der Waals surface area contributed by atoms with Gasteiger partial charge in [0, 0.05) is 6.54 Å². The van der Waals surface area contributed by atoms with E-state index in [1.165, 1.54) is 10.9 Å². The van der Waals surface area contributed by atoms with Crippen LogP contribution in [0, 0.1) is 0 Å². The average Bonchev–Trinajstić information content (AvgIpc) is 3.09. The standard InChI is InChI=1S/C16H14N4O2S/c1-2-9-17-16(23)19-20-14(13-8-5-10-22-13)18-12-7-4-3-6-11(12)15(20)21/h2-8,10H,1,9H2,(H2,17,19,23). The van der Waals surface area contributed by atoms with Crippen LogP contribution in [0.4, 0.5) is 0 Å². The van der Waals surface area contributed by atoms with Crippen LogP contribution >= 0.6 is 12.2 Å². The number of fused-ring (bicyclic) bond motifs is 1. The number of rotatable bonds is 4. The number of hydrogen-bond acceptors (Lipinski definition) is 4. The highest BCUT2D eigenvalue weighted by Crippen LogP contribution is 2.18. The summed E-state index contributed by atoms with van der Waals surface area (Å²) in [7, 11) is 0. The molecule has 0 atom stereocenters. The van der Waals surface area contributed by atoms with Gasteiger partial charge in [-0.3, -0.25) is 10.2 Å². The van der Waals surface area contributed by atoms with Crippen molar-refractivity contribution in [3.8, 4) is 11.6 Å². The number of nitrogens with one attached hydrogen (secondary N) is 2. The van der Waals surface area contributed by atoms with Crippen molar-refractivity contribution in [2.45, 2.75) is 0 Å². The third-order valence-corrected chi connectivity index (χ3v) is 3.37. The molecule has 0 saturated carbocycles. The molecule has 0 unspecified atom stereocenters. The second kappa shape index (κ2) is 6.45. The quantitative estimate of drug-likeness (QED) is 0.566. The summed E-state index contributed by atoms with van der Waals surface area (Å²) >= 11 is 5.18. The molecule has 0 spiro atoms. The van der Waals surface area contributed by atoms with Crippen LogP contribution in [0.5, 0.6) is 0 Å². The van der Waals surface area contributed by atoms with Gasteiger partial charge in [0.05, 0.1) is 17.2 Å².